The number of carboxylic acids is 1. The average Bonchev–Trinajstić information content (AvgIpc) is 2.94. The molecule has 4 nitrogen and oxygen atoms in total. The zero-order chi connectivity index (χ0) is 13.0. The third kappa shape index (κ3) is 3.54. The molecule has 1 atom stereocenters. The third-order valence-corrected chi connectivity index (χ3v) is 4.29. The van der Waals surface area contributed by atoms with Crippen molar-refractivity contribution in [1.82, 2.24) is 5.32 Å². The van der Waals surface area contributed by atoms with Crippen LogP contribution in [0.1, 0.15) is 39.4 Å². The van der Waals surface area contributed by atoms with E-state index in [0.29, 0.717) is 11.0 Å². The maximum Gasteiger partial charge on any atom is 0.345 e. The number of carbonyl (C=O) groups is 1. The molecule has 0 amide bonds. The molecule has 1 aliphatic heterocycles. The van der Waals surface area contributed by atoms with Crippen molar-refractivity contribution in [3.05, 3.63) is 21.4 Å². The van der Waals surface area contributed by atoms with E-state index in [-0.39, 0.29) is 0 Å². The van der Waals surface area contributed by atoms with E-state index in [4.69, 9.17) is 9.84 Å². The Hall–Kier alpha value is -0.910. The fourth-order valence-corrected chi connectivity index (χ4v) is 3.04. The van der Waals surface area contributed by atoms with Gasteiger partial charge < -0.3 is 15.2 Å². The van der Waals surface area contributed by atoms with Gasteiger partial charge >= 0.3 is 5.97 Å². The predicted octanol–water partition coefficient (Wildman–Crippen LogP) is 2.41. The van der Waals surface area contributed by atoms with E-state index in [2.05, 4.69) is 5.32 Å². The van der Waals surface area contributed by atoms with E-state index in [0.717, 1.165) is 36.6 Å². The first-order chi connectivity index (χ1) is 8.66. The number of rotatable bonds is 6. The number of ether oxygens (including phenoxy) is 1. The number of carboxylic acid groups (broad SMARTS) is 1. The van der Waals surface area contributed by atoms with Crippen LogP contribution in [0.25, 0.3) is 0 Å². The summed E-state index contributed by atoms with van der Waals surface area (Å²) >= 11 is 1.34. The molecule has 1 unspecified atom stereocenters. The number of aromatic carboxylic acids is 1. The molecule has 1 fully saturated rings. The van der Waals surface area contributed by atoms with Crippen molar-refractivity contribution in [2.75, 3.05) is 13.2 Å². The van der Waals surface area contributed by atoms with Gasteiger partial charge in [-0.3, -0.25) is 0 Å². The zero-order valence-corrected chi connectivity index (χ0v) is 11.4. The lowest BCUT2D eigenvalue weighted by Gasteiger charge is -2.09. The summed E-state index contributed by atoms with van der Waals surface area (Å²) in [6.45, 7) is 4.52. The van der Waals surface area contributed by atoms with Crippen LogP contribution in [0.4, 0.5) is 0 Å². The first-order valence-electron chi connectivity index (χ1n) is 6.31. The molecule has 2 N–H and O–H groups in total. The van der Waals surface area contributed by atoms with Crippen molar-refractivity contribution in [2.24, 2.45) is 0 Å². The molecule has 1 aliphatic rings. The predicted molar refractivity (Wildman–Crippen MR) is 71.3 cm³/mol. The van der Waals surface area contributed by atoms with Crippen LogP contribution in [0.2, 0.25) is 0 Å². The van der Waals surface area contributed by atoms with Crippen LogP contribution in [0.5, 0.6) is 0 Å². The molecule has 0 radical (unpaired) electrons. The highest BCUT2D eigenvalue weighted by atomic mass is 32.1. The molecule has 0 spiro atoms. The minimum atomic E-state index is -0.839. The molecule has 1 aromatic rings. The SMILES string of the molecule is Cc1sc(C(=O)O)cc1CNCCC1CCCO1. The Labute approximate surface area is 111 Å². The van der Waals surface area contributed by atoms with E-state index < -0.39 is 5.97 Å². The first-order valence-corrected chi connectivity index (χ1v) is 7.13. The Morgan fingerprint density at radius 2 is 2.50 bits per heavy atom. The van der Waals surface area contributed by atoms with E-state index >= 15 is 0 Å². The maximum absolute atomic E-state index is 10.8. The summed E-state index contributed by atoms with van der Waals surface area (Å²) in [5, 5.41) is 12.3. The van der Waals surface area contributed by atoms with Crippen LogP contribution in [0.3, 0.4) is 0 Å². The molecule has 5 heteroatoms. The highest BCUT2D eigenvalue weighted by Crippen LogP contribution is 2.21. The average molecular weight is 269 g/mol. The minimum Gasteiger partial charge on any atom is -0.477 e. The van der Waals surface area contributed by atoms with Gasteiger partial charge in [0.25, 0.3) is 0 Å². The van der Waals surface area contributed by atoms with Gasteiger partial charge in [0.05, 0.1) is 6.10 Å². The Bertz CT molecular complexity index is 410. The molecule has 2 rings (SSSR count). The zero-order valence-electron chi connectivity index (χ0n) is 10.6. The second-order valence-electron chi connectivity index (χ2n) is 4.60. The van der Waals surface area contributed by atoms with Crippen molar-refractivity contribution in [3.63, 3.8) is 0 Å². The van der Waals surface area contributed by atoms with Crippen LogP contribution in [-0.2, 0) is 11.3 Å². The third-order valence-electron chi connectivity index (χ3n) is 3.21. The number of nitrogens with one attached hydrogen (secondary N) is 1. The van der Waals surface area contributed by atoms with E-state index in [1.807, 2.05) is 6.92 Å². The van der Waals surface area contributed by atoms with Crippen molar-refractivity contribution < 1.29 is 14.6 Å². The lowest BCUT2D eigenvalue weighted by molar-refractivity contribution is 0.0702. The molecule has 18 heavy (non-hydrogen) atoms. The molecular formula is C13H19NO3S. The normalized spacial score (nSPS) is 19.3. The summed E-state index contributed by atoms with van der Waals surface area (Å²) in [4.78, 5) is 12.3. The van der Waals surface area contributed by atoms with Gasteiger partial charge in [-0.25, -0.2) is 4.79 Å². The Kier molecular flexibility index (Phi) is 4.74. The molecule has 100 valence electrons. The Balaban J connectivity index is 1.74. The summed E-state index contributed by atoms with van der Waals surface area (Å²) in [5.74, 6) is -0.839. The standard InChI is InChI=1S/C13H19NO3S/c1-9-10(7-12(18-9)13(15)16)8-14-5-4-11-3-2-6-17-11/h7,11,14H,2-6,8H2,1H3,(H,15,16). The molecule has 0 aliphatic carbocycles. The van der Waals surface area contributed by atoms with Gasteiger partial charge in [0.2, 0.25) is 0 Å². The summed E-state index contributed by atoms with van der Waals surface area (Å²) in [6, 6.07) is 1.77. The highest BCUT2D eigenvalue weighted by molar-refractivity contribution is 7.14. The summed E-state index contributed by atoms with van der Waals surface area (Å²) in [5.41, 5.74) is 1.09. The Morgan fingerprint density at radius 3 is 3.11 bits per heavy atom. The van der Waals surface area contributed by atoms with Crippen LogP contribution >= 0.6 is 11.3 Å². The van der Waals surface area contributed by atoms with Crippen molar-refractivity contribution in [1.29, 1.82) is 0 Å². The monoisotopic (exact) mass is 269 g/mol. The molecule has 1 saturated heterocycles. The van der Waals surface area contributed by atoms with Gasteiger partial charge in [-0.05, 0) is 44.4 Å². The van der Waals surface area contributed by atoms with Crippen LogP contribution in [0.15, 0.2) is 6.07 Å². The van der Waals surface area contributed by atoms with Crippen molar-refractivity contribution in [3.8, 4) is 0 Å². The molecule has 0 saturated carbocycles. The van der Waals surface area contributed by atoms with Crippen LogP contribution in [-0.4, -0.2) is 30.3 Å². The molecule has 1 aromatic heterocycles. The smallest absolute Gasteiger partial charge is 0.345 e. The maximum atomic E-state index is 10.8. The van der Waals surface area contributed by atoms with Gasteiger partial charge in [0, 0.05) is 18.0 Å². The summed E-state index contributed by atoms with van der Waals surface area (Å²) < 4.78 is 5.55. The van der Waals surface area contributed by atoms with Gasteiger partial charge in [0.1, 0.15) is 4.88 Å². The number of thiophene rings is 1. The topological polar surface area (TPSA) is 58.6 Å². The van der Waals surface area contributed by atoms with E-state index in [9.17, 15) is 4.79 Å². The van der Waals surface area contributed by atoms with E-state index in [1.165, 1.54) is 24.2 Å². The lowest BCUT2D eigenvalue weighted by atomic mass is 10.2. The van der Waals surface area contributed by atoms with Gasteiger partial charge in [0.15, 0.2) is 0 Å². The Morgan fingerprint density at radius 1 is 1.67 bits per heavy atom. The fraction of sp³-hybridized carbons (Fsp3) is 0.615. The molecule has 2 heterocycles. The second-order valence-corrected chi connectivity index (χ2v) is 5.85. The van der Waals surface area contributed by atoms with Crippen molar-refractivity contribution in [2.45, 2.75) is 38.8 Å². The van der Waals surface area contributed by atoms with Crippen molar-refractivity contribution >= 4 is 17.3 Å². The second kappa shape index (κ2) is 6.31. The highest BCUT2D eigenvalue weighted by Gasteiger charge is 2.15. The minimum absolute atomic E-state index is 0.413. The quantitative estimate of drug-likeness (QED) is 0.779. The largest absolute Gasteiger partial charge is 0.477 e. The van der Waals surface area contributed by atoms with Gasteiger partial charge in [-0.2, -0.15) is 0 Å². The van der Waals surface area contributed by atoms with E-state index in [1.54, 1.807) is 6.07 Å². The van der Waals surface area contributed by atoms with Crippen LogP contribution < -0.4 is 5.32 Å². The van der Waals surface area contributed by atoms with Gasteiger partial charge in [-0.1, -0.05) is 0 Å². The first kappa shape index (κ1) is 13.5. The lowest BCUT2D eigenvalue weighted by Crippen LogP contribution is -2.19. The summed E-state index contributed by atoms with van der Waals surface area (Å²) in [6.07, 6.45) is 3.80. The molecular weight excluding hydrogens is 250 g/mol. The summed E-state index contributed by atoms with van der Waals surface area (Å²) in [7, 11) is 0. The van der Waals surface area contributed by atoms with Crippen LogP contribution in [0, 0.1) is 6.92 Å². The fourth-order valence-electron chi connectivity index (χ4n) is 2.16. The number of hydrogen-bond donors (Lipinski definition) is 2. The molecule has 0 aromatic carbocycles. The number of aryl methyl sites for hydroxylation is 1. The molecule has 0 bridgehead atoms. The van der Waals surface area contributed by atoms with Gasteiger partial charge in [-0.15, -0.1) is 11.3 Å². The number of hydrogen-bond acceptors (Lipinski definition) is 4.